The van der Waals surface area contributed by atoms with Crippen LogP contribution in [0.1, 0.15) is 19.8 Å². The molecule has 0 bridgehead atoms. The van der Waals surface area contributed by atoms with Crippen molar-refractivity contribution < 1.29 is 5.11 Å². The Balaban J connectivity index is 2.26. The Hall–Kier alpha value is 0.230. The lowest BCUT2D eigenvalue weighted by Gasteiger charge is -2.20. The molecule has 1 fully saturated rings. The molecule has 1 heterocycles. The molecule has 0 aromatic carbocycles. The third-order valence-corrected chi connectivity index (χ3v) is 3.89. The molecule has 15 heavy (non-hydrogen) atoms. The molecule has 4 heteroatoms. The normalized spacial score (nSPS) is 29.6. The third kappa shape index (κ3) is 4.31. The fourth-order valence-corrected chi connectivity index (χ4v) is 2.66. The number of hydrogen-bond acceptors (Lipinski definition) is 4. The van der Waals surface area contributed by atoms with Crippen LogP contribution in [0.25, 0.3) is 0 Å². The van der Waals surface area contributed by atoms with Crippen LogP contribution in [0.3, 0.4) is 0 Å². The van der Waals surface area contributed by atoms with Crippen molar-refractivity contribution >= 4 is 11.8 Å². The highest BCUT2D eigenvalue weighted by atomic mass is 32.2. The van der Waals surface area contributed by atoms with E-state index < -0.39 is 0 Å². The van der Waals surface area contributed by atoms with Gasteiger partial charge >= 0.3 is 0 Å². The molecular weight excluding hydrogens is 208 g/mol. The van der Waals surface area contributed by atoms with E-state index >= 15 is 0 Å². The Morgan fingerprint density at radius 1 is 1.60 bits per heavy atom. The van der Waals surface area contributed by atoms with Crippen molar-refractivity contribution in [3.63, 3.8) is 0 Å². The molecule has 90 valence electrons. The Kier molecular flexibility index (Phi) is 5.97. The zero-order chi connectivity index (χ0) is 11.3. The second-order valence-corrected chi connectivity index (χ2v) is 5.53. The number of nitrogens with one attached hydrogen (secondary N) is 1. The fourth-order valence-electron chi connectivity index (χ4n) is 2.14. The summed E-state index contributed by atoms with van der Waals surface area (Å²) in [6, 6.07) is 1.51. The van der Waals surface area contributed by atoms with Gasteiger partial charge in [-0.2, -0.15) is 11.8 Å². The minimum absolute atomic E-state index is 0.259. The van der Waals surface area contributed by atoms with Gasteiger partial charge in [-0.3, -0.25) is 0 Å². The predicted molar refractivity (Wildman–Crippen MR) is 67.5 cm³/mol. The van der Waals surface area contributed by atoms with Crippen LogP contribution >= 0.6 is 11.8 Å². The lowest BCUT2D eigenvalue weighted by atomic mass is 10.1. The van der Waals surface area contributed by atoms with E-state index in [1.165, 1.54) is 6.42 Å². The van der Waals surface area contributed by atoms with Crippen LogP contribution in [-0.2, 0) is 0 Å². The summed E-state index contributed by atoms with van der Waals surface area (Å²) in [6.07, 6.45) is 4.37. The standard InChI is InChI=1S/C11H24N2OS/c1-9-6-11(7-13(9)2)12-10(8-14)4-5-15-3/h9-12,14H,4-8H2,1-3H3. The first-order valence-corrected chi connectivity index (χ1v) is 7.12. The van der Waals surface area contributed by atoms with Gasteiger partial charge in [-0.15, -0.1) is 0 Å². The van der Waals surface area contributed by atoms with E-state index in [2.05, 4.69) is 30.4 Å². The maximum atomic E-state index is 9.26. The van der Waals surface area contributed by atoms with Crippen LogP contribution in [-0.4, -0.2) is 60.3 Å². The smallest absolute Gasteiger partial charge is 0.0585 e. The van der Waals surface area contributed by atoms with Crippen molar-refractivity contribution in [2.24, 2.45) is 0 Å². The largest absolute Gasteiger partial charge is 0.395 e. The number of aliphatic hydroxyl groups excluding tert-OH is 1. The van der Waals surface area contributed by atoms with Crippen molar-refractivity contribution in [1.82, 2.24) is 10.2 Å². The molecule has 1 rings (SSSR count). The average Bonchev–Trinajstić information content (AvgIpc) is 2.53. The molecule has 1 aliphatic heterocycles. The van der Waals surface area contributed by atoms with Gasteiger partial charge in [0, 0.05) is 24.7 Å². The van der Waals surface area contributed by atoms with Gasteiger partial charge in [-0.25, -0.2) is 0 Å². The van der Waals surface area contributed by atoms with Gasteiger partial charge in [-0.05, 0) is 38.8 Å². The van der Waals surface area contributed by atoms with Crippen molar-refractivity contribution in [2.75, 3.05) is 32.2 Å². The second kappa shape index (κ2) is 6.74. The molecule has 3 unspecified atom stereocenters. The van der Waals surface area contributed by atoms with Gasteiger partial charge in [0.1, 0.15) is 0 Å². The van der Waals surface area contributed by atoms with E-state index in [4.69, 9.17) is 0 Å². The molecule has 0 radical (unpaired) electrons. The average molecular weight is 232 g/mol. The monoisotopic (exact) mass is 232 g/mol. The summed E-state index contributed by atoms with van der Waals surface area (Å²) in [5.41, 5.74) is 0. The number of aliphatic hydroxyl groups is 1. The van der Waals surface area contributed by atoms with E-state index in [0.717, 1.165) is 18.7 Å². The van der Waals surface area contributed by atoms with Gasteiger partial charge < -0.3 is 15.3 Å². The highest BCUT2D eigenvalue weighted by Gasteiger charge is 2.27. The first-order valence-electron chi connectivity index (χ1n) is 5.73. The first-order chi connectivity index (χ1) is 7.17. The van der Waals surface area contributed by atoms with Crippen LogP contribution in [0.4, 0.5) is 0 Å². The molecule has 0 aromatic heterocycles. The van der Waals surface area contributed by atoms with Crippen molar-refractivity contribution in [3.8, 4) is 0 Å². The van der Waals surface area contributed by atoms with E-state index in [-0.39, 0.29) is 12.6 Å². The summed E-state index contributed by atoms with van der Waals surface area (Å²) in [7, 11) is 2.17. The zero-order valence-corrected chi connectivity index (χ0v) is 10.9. The topological polar surface area (TPSA) is 35.5 Å². The third-order valence-electron chi connectivity index (χ3n) is 3.25. The number of likely N-dealkylation sites (tertiary alicyclic amines) is 1. The van der Waals surface area contributed by atoms with Crippen LogP contribution in [0, 0.1) is 0 Å². The van der Waals surface area contributed by atoms with Crippen LogP contribution in [0.2, 0.25) is 0 Å². The molecule has 3 atom stereocenters. The van der Waals surface area contributed by atoms with Crippen molar-refractivity contribution in [2.45, 2.75) is 37.9 Å². The van der Waals surface area contributed by atoms with Gasteiger partial charge in [0.2, 0.25) is 0 Å². The maximum absolute atomic E-state index is 9.26. The summed E-state index contributed by atoms with van der Waals surface area (Å²) in [5, 5.41) is 12.8. The molecule has 0 aliphatic carbocycles. The predicted octanol–water partition coefficient (Wildman–Crippen LogP) is 0.783. The number of hydrogen-bond donors (Lipinski definition) is 2. The number of thioether (sulfide) groups is 1. The van der Waals surface area contributed by atoms with Crippen molar-refractivity contribution in [1.29, 1.82) is 0 Å². The molecule has 0 spiro atoms. The first kappa shape index (κ1) is 13.3. The maximum Gasteiger partial charge on any atom is 0.0585 e. The summed E-state index contributed by atoms with van der Waals surface area (Å²) in [5.74, 6) is 1.12. The quantitative estimate of drug-likeness (QED) is 0.709. The Labute approximate surface area is 97.6 Å². The van der Waals surface area contributed by atoms with E-state index in [1.807, 2.05) is 11.8 Å². The van der Waals surface area contributed by atoms with Crippen LogP contribution in [0.5, 0.6) is 0 Å². The van der Waals surface area contributed by atoms with Gasteiger partial charge in [0.25, 0.3) is 0 Å². The summed E-state index contributed by atoms with van der Waals surface area (Å²) in [6.45, 7) is 3.63. The molecular formula is C11H24N2OS. The number of rotatable bonds is 6. The molecule has 0 amide bonds. The lowest BCUT2D eigenvalue weighted by Crippen LogP contribution is -2.42. The Morgan fingerprint density at radius 3 is 2.80 bits per heavy atom. The van der Waals surface area contributed by atoms with Crippen molar-refractivity contribution in [3.05, 3.63) is 0 Å². The highest BCUT2D eigenvalue weighted by molar-refractivity contribution is 7.98. The molecule has 3 nitrogen and oxygen atoms in total. The minimum atomic E-state index is 0.259. The lowest BCUT2D eigenvalue weighted by molar-refractivity contribution is 0.228. The Bertz CT molecular complexity index is 170. The minimum Gasteiger partial charge on any atom is -0.395 e. The summed E-state index contributed by atoms with van der Waals surface area (Å²) in [4.78, 5) is 2.38. The Morgan fingerprint density at radius 2 is 2.33 bits per heavy atom. The van der Waals surface area contributed by atoms with E-state index in [1.54, 1.807) is 0 Å². The fraction of sp³-hybridized carbons (Fsp3) is 1.00. The molecule has 1 aliphatic rings. The SMILES string of the molecule is CSCCC(CO)NC1CC(C)N(C)C1. The molecule has 1 saturated heterocycles. The van der Waals surface area contributed by atoms with Gasteiger partial charge in [0.05, 0.1) is 6.61 Å². The number of nitrogens with zero attached hydrogens (tertiary/aromatic N) is 1. The van der Waals surface area contributed by atoms with Crippen LogP contribution < -0.4 is 5.32 Å². The van der Waals surface area contributed by atoms with E-state index in [0.29, 0.717) is 12.1 Å². The van der Waals surface area contributed by atoms with Gasteiger partial charge in [0.15, 0.2) is 0 Å². The molecule has 0 saturated carbocycles. The summed E-state index contributed by atoms with van der Waals surface area (Å²) >= 11 is 1.84. The summed E-state index contributed by atoms with van der Waals surface area (Å²) < 4.78 is 0. The van der Waals surface area contributed by atoms with E-state index in [9.17, 15) is 5.11 Å². The molecule has 2 N–H and O–H groups in total. The highest BCUT2D eigenvalue weighted by Crippen LogP contribution is 2.15. The zero-order valence-electron chi connectivity index (χ0n) is 10.1. The van der Waals surface area contributed by atoms with Crippen LogP contribution in [0.15, 0.2) is 0 Å². The second-order valence-electron chi connectivity index (χ2n) is 4.55. The molecule has 0 aromatic rings. The number of likely N-dealkylation sites (N-methyl/N-ethyl adjacent to an activating group) is 1. The van der Waals surface area contributed by atoms with Gasteiger partial charge in [-0.1, -0.05) is 0 Å².